The fraction of sp³-hybridized carbons (Fsp3) is 0.0556. The van der Waals surface area contributed by atoms with E-state index in [-0.39, 0.29) is 23.5 Å². The van der Waals surface area contributed by atoms with Crippen LogP contribution in [0.2, 0.25) is 0 Å². The van der Waals surface area contributed by atoms with Gasteiger partial charge in [-0.25, -0.2) is 4.98 Å². The summed E-state index contributed by atoms with van der Waals surface area (Å²) < 4.78 is 5.14. The Hall–Kier alpha value is -4.21. The summed E-state index contributed by atoms with van der Waals surface area (Å²) in [7, 11) is 1.81. The molecule has 0 aliphatic heterocycles. The van der Waals surface area contributed by atoms with Crippen molar-refractivity contribution in [2.75, 3.05) is 17.7 Å². The Balaban J connectivity index is 1.74. The molecule has 0 saturated carbocycles. The Morgan fingerprint density at radius 3 is 2.54 bits per heavy atom. The molecule has 0 radical (unpaired) electrons. The van der Waals surface area contributed by atoms with Crippen LogP contribution in [0.25, 0.3) is 11.6 Å². The maximum Gasteiger partial charge on any atom is 0.276 e. The Morgan fingerprint density at radius 1 is 1.11 bits per heavy atom. The molecule has 0 amide bonds. The topological polar surface area (TPSA) is 158 Å². The monoisotopic (exact) mass is 377 g/mol. The van der Waals surface area contributed by atoms with Crippen LogP contribution in [0.1, 0.15) is 5.82 Å². The molecule has 0 aliphatic carbocycles. The molecule has 3 aromatic rings. The third-order valence-electron chi connectivity index (χ3n) is 3.67. The van der Waals surface area contributed by atoms with Gasteiger partial charge in [-0.3, -0.25) is 0 Å². The number of nitrogens with two attached hydrogens (primary N) is 3. The van der Waals surface area contributed by atoms with Crippen LogP contribution >= 0.6 is 0 Å². The number of aromatic nitrogens is 3. The SMILES string of the molecule is C=C(N=C(N)N=C(N)c1noc(-c2ccc(N)cn2)n1)N(C)c1ccccc1. The largest absolute Gasteiger partial charge is 0.397 e. The van der Waals surface area contributed by atoms with Gasteiger partial charge in [0.05, 0.1) is 11.9 Å². The summed E-state index contributed by atoms with van der Waals surface area (Å²) in [6, 6.07) is 12.9. The summed E-state index contributed by atoms with van der Waals surface area (Å²) in [6.45, 7) is 3.88. The number of anilines is 2. The second-order valence-electron chi connectivity index (χ2n) is 5.68. The van der Waals surface area contributed by atoms with Gasteiger partial charge < -0.3 is 26.6 Å². The number of nitrogen functional groups attached to an aromatic ring is 1. The first-order chi connectivity index (χ1) is 13.4. The molecule has 0 aliphatic rings. The highest BCUT2D eigenvalue weighted by atomic mass is 16.5. The quantitative estimate of drug-likeness (QED) is 0.444. The van der Waals surface area contributed by atoms with E-state index >= 15 is 0 Å². The smallest absolute Gasteiger partial charge is 0.276 e. The van der Waals surface area contributed by atoms with Gasteiger partial charge in [0, 0.05) is 12.7 Å². The van der Waals surface area contributed by atoms with Crippen molar-refractivity contribution in [3.63, 3.8) is 0 Å². The first kappa shape index (κ1) is 18.6. The average molecular weight is 377 g/mol. The standard InChI is InChI=1S/C18H19N9O/c1-11(27(2)13-6-4-3-5-7-13)23-18(21)24-15(20)16-25-17(28-26-16)14-9-8-12(19)10-22-14/h3-10H,1,19H2,2H3,(H4,20,21,23,24). The van der Waals surface area contributed by atoms with E-state index in [2.05, 4.69) is 31.7 Å². The van der Waals surface area contributed by atoms with Crippen LogP contribution in [0.3, 0.4) is 0 Å². The molecule has 3 rings (SSSR count). The van der Waals surface area contributed by atoms with E-state index in [9.17, 15) is 0 Å². The minimum atomic E-state index is -0.0951. The number of amidine groups is 1. The zero-order valence-corrected chi connectivity index (χ0v) is 15.1. The van der Waals surface area contributed by atoms with E-state index in [4.69, 9.17) is 21.7 Å². The molecule has 0 fully saturated rings. The summed E-state index contributed by atoms with van der Waals surface area (Å²) in [5, 5.41) is 3.77. The summed E-state index contributed by atoms with van der Waals surface area (Å²) >= 11 is 0. The second-order valence-corrected chi connectivity index (χ2v) is 5.68. The van der Waals surface area contributed by atoms with Gasteiger partial charge in [0.1, 0.15) is 11.5 Å². The van der Waals surface area contributed by atoms with Gasteiger partial charge in [0.2, 0.25) is 11.8 Å². The van der Waals surface area contributed by atoms with Crippen molar-refractivity contribution in [3.05, 3.63) is 66.9 Å². The van der Waals surface area contributed by atoms with Crippen LogP contribution < -0.4 is 22.1 Å². The summed E-state index contributed by atoms with van der Waals surface area (Å²) in [4.78, 5) is 18.1. The van der Waals surface area contributed by atoms with Crippen molar-refractivity contribution >= 4 is 23.2 Å². The lowest BCUT2D eigenvalue weighted by Crippen LogP contribution is -2.22. The second kappa shape index (κ2) is 7.99. The molecule has 142 valence electrons. The maximum atomic E-state index is 5.89. The summed E-state index contributed by atoms with van der Waals surface area (Å²) in [5.41, 5.74) is 19.2. The van der Waals surface area contributed by atoms with Crippen LogP contribution in [-0.4, -0.2) is 34.0 Å². The fourth-order valence-corrected chi connectivity index (χ4v) is 2.17. The minimum Gasteiger partial charge on any atom is -0.397 e. The molecule has 28 heavy (non-hydrogen) atoms. The molecule has 0 bridgehead atoms. The van der Waals surface area contributed by atoms with Crippen molar-refractivity contribution in [2.24, 2.45) is 21.5 Å². The molecule has 10 heteroatoms. The lowest BCUT2D eigenvalue weighted by molar-refractivity contribution is 0.427. The molecule has 0 unspecified atom stereocenters. The van der Waals surface area contributed by atoms with E-state index in [1.54, 1.807) is 17.0 Å². The Kier molecular flexibility index (Phi) is 5.30. The predicted octanol–water partition coefficient (Wildman–Crippen LogP) is 1.34. The highest BCUT2D eigenvalue weighted by Crippen LogP contribution is 2.17. The lowest BCUT2D eigenvalue weighted by atomic mass is 10.3. The van der Waals surface area contributed by atoms with Gasteiger partial charge >= 0.3 is 0 Å². The van der Waals surface area contributed by atoms with Gasteiger partial charge in [0.15, 0.2) is 5.84 Å². The van der Waals surface area contributed by atoms with Gasteiger partial charge in [-0.1, -0.05) is 29.9 Å². The Morgan fingerprint density at radius 2 is 1.86 bits per heavy atom. The third-order valence-corrected chi connectivity index (χ3v) is 3.67. The van der Waals surface area contributed by atoms with Crippen LogP contribution in [0.4, 0.5) is 11.4 Å². The van der Waals surface area contributed by atoms with E-state index in [0.29, 0.717) is 17.2 Å². The van der Waals surface area contributed by atoms with Crippen LogP contribution in [0.5, 0.6) is 0 Å². The molecule has 0 atom stereocenters. The number of guanidine groups is 1. The van der Waals surface area contributed by atoms with Gasteiger partial charge in [0.25, 0.3) is 5.89 Å². The first-order valence-electron chi connectivity index (χ1n) is 8.16. The van der Waals surface area contributed by atoms with E-state index in [1.807, 2.05) is 37.4 Å². The van der Waals surface area contributed by atoms with E-state index < -0.39 is 0 Å². The van der Waals surface area contributed by atoms with Crippen LogP contribution in [-0.2, 0) is 0 Å². The number of pyridine rings is 1. The van der Waals surface area contributed by atoms with Crippen molar-refractivity contribution in [1.29, 1.82) is 0 Å². The van der Waals surface area contributed by atoms with Gasteiger partial charge in [-0.2, -0.15) is 15.0 Å². The number of para-hydroxylation sites is 1. The minimum absolute atomic E-state index is 0.0538. The number of hydrogen-bond acceptors (Lipinski definition) is 7. The molecular weight excluding hydrogens is 358 g/mol. The number of benzene rings is 1. The molecule has 2 heterocycles. The molecular formula is C18H19N9O. The number of hydrogen-bond donors (Lipinski definition) is 3. The number of rotatable bonds is 5. The van der Waals surface area contributed by atoms with Crippen molar-refractivity contribution in [2.45, 2.75) is 0 Å². The lowest BCUT2D eigenvalue weighted by Gasteiger charge is -2.18. The molecule has 0 spiro atoms. The van der Waals surface area contributed by atoms with Gasteiger partial charge in [-0.15, -0.1) is 0 Å². The third kappa shape index (κ3) is 4.30. The molecule has 0 saturated heterocycles. The molecule has 2 aromatic heterocycles. The Bertz CT molecular complexity index is 1020. The predicted molar refractivity (Wildman–Crippen MR) is 108 cm³/mol. The molecule has 10 nitrogen and oxygen atoms in total. The van der Waals surface area contributed by atoms with Crippen molar-refractivity contribution < 1.29 is 4.52 Å². The van der Waals surface area contributed by atoms with E-state index in [1.165, 1.54) is 6.20 Å². The summed E-state index contributed by atoms with van der Waals surface area (Å²) in [5.74, 6) is 0.481. The highest BCUT2D eigenvalue weighted by Gasteiger charge is 2.13. The number of nitrogens with zero attached hydrogens (tertiary/aromatic N) is 6. The van der Waals surface area contributed by atoms with Crippen molar-refractivity contribution in [3.8, 4) is 11.6 Å². The zero-order valence-electron chi connectivity index (χ0n) is 15.1. The maximum absolute atomic E-state index is 5.89. The molecule has 6 N–H and O–H groups in total. The Labute approximate surface area is 161 Å². The van der Waals surface area contributed by atoms with Crippen molar-refractivity contribution in [1.82, 2.24) is 15.1 Å². The normalized spacial score (nSPS) is 12.0. The highest BCUT2D eigenvalue weighted by molar-refractivity contribution is 6.02. The van der Waals surface area contributed by atoms with E-state index in [0.717, 1.165) is 5.69 Å². The zero-order chi connectivity index (χ0) is 20.1. The van der Waals surface area contributed by atoms with Gasteiger partial charge in [-0.05, 0) is 24.3 Å². The first-order valence-corrected chi connectivity index (χ1v) is 8.16. The average Bonchev–Trinajstić information content (AvgIpc) is 3.19. The fourth-order valence-electron chi connectivity index (χ4n) is 2.17. The number of aliphatic imine (C=N–C) groups is 2. The van der Waals surface area contributed by atoms with Crippen LogP contribution in [0, 0.1) is 0 Å². The summed E-state index contributed by atoms with van der Waals surface area (Å²) in [6.07, 6.45) is 1.48. The molecule has 1 aromatic carbocycles. The van der Waals surface area contributed by atoms with Crippen LogP contribution in [0.15, 0.2) is 75.6 Å².